The van der Waals surface area contributed by atoms with Crippen molar-refractivity contribution in [3.05, 3.63) is 23.9 Å². The molecule has 0 aromatic carbocycles. The Morgan fingerprint density at radius 2 is 2.18 bits per heavy atom. The number of nitrogens with zero attached hydrogens (tertiary/aromatic N) is 3. The second-order valence-corrected chi connectivity index (χ2v) is 6.34. The summed E-state index contributed by atoms with van der Waals surface area (Å²) in [5.74, 6) is 1.78. The van der Waals surface area contributed by atoms with Gasteiger partial charge in [-0.1, -0.05) is 40.9 Å². The average Bonchev–Trinajstić information content (AvgIpc) is 2.84. The Labute approximate surface area is 113 Å². The minimum atomic E-state index is 0.854. The van der Waals surface area contributed by atoms with E-state index in [1.54, 1.807) is 41.1 Å². The molecule has 0 radical (unpaired) electrons. The Bertz CT molecular complexity index is 486. The van der Waals surface area contributed by atoms with Gasteiger partial charge in [0.1, 0.15) is 5.82 Å². The Morgan fingerprint density at radius 3 is 2.88 bits per heavy atom. The maximum absolute atomic E-state index is 4.27. The molecule has 2 aromatic rings. The molecule has 90 valence electrons. The van der Waals surface area contributed by atoms with Crippen LogP contribution < -0.4 is 5.32 Å². The van der Waals surface area contributed by atoms with Gasteiger partial charge in [-0.3, -0.25) is 0 Å². The largest absolute Gasteiger partial charge is 0.373 e. The molecule has 2 rings (SSSR count). The van der Waals surface area contributed by atoms with Crippen molar-refractivity contribution in [2.24, 2.45) is 0 Å². The fourth-order valence-electron chi connectivity index (χ4n) is 1.26. The van der Waals surface area contributed by atoms with Gasteiger partial charge in [-0.05, 0) is 12.3 Å². The highest BCUT2D eigenvalue weighted by Gasteiger charge is 2.06. The van der Waals surface area contributed by atoms with Crippen molar-refractivity contribution >= 4 is 40.7 Å². The first-order chi connectivity index (χ1) is 8.33. The smallest absolute Gasteiger partial charge is 0.175 e. The molecule has 0 aliphatic rings. The molecule has 7 heteroatoms. The average molecular weight is 284 g/mol. The zero-order valence-corrected chi connectivity index (χ0v) is 12.0. The van der Waals surface area contributed by atoms with Crippen molar-refractivity contribution in [3.8, 4) is 0 Å². The van der Waals surface area contributed by atoms with Crippen molar-refractivity contribution in [2.75, 3.05) is 18.6 Å². The van der Waals surface area contributed by atoms with E-state index in [1.165, 1.54) is 5.56 Å². The van der Waals surface area contributed by atoms with Gasteiger partial charge in [0.15, 0.2) is 8.68 Å². The van der Waals surface area contributed by atoms with Gasteiger partial charge < -0.3 is 5.32 Å². The second-order valence-electron chi connectivity index (χ2n) is 3.09. The van der Waals surface area contributed by atoms with Crippen LogP contribution in [0, 0.1) is 0 Å². The molecule has 4 nitrogen and oxygen atoms in total. The van der Waals surface area contributed by atoms with Gasteiger partial charge in [-0.2, -0.15) is 0 Å². The molecule has 0 atom stereocenters. The van der Waals surface area contributed by atoms with E-state index in [2.05, 4.69) is 26.6 Å². The normalized spacial score (nSPS) is 10.5. The highest BCUT2D eigenvalue weighted by atomic mass is 32.2. The van der Waals surface area contributed by atoms with Crippen LogP contribution in [0.2, 0.25) is 0 Å². The van der Waals surface area contributed by atoms with Crippen molar-refractivity contribution in [2.45, 2.75) is 14.4 Å². The van der Waals surface area contributed by atoms with E-state index in [0.29, 0.717) is 0 Å². The molecule has 0 bridgehead atoms. The van der Waals surface area contributed by atoms with Crippen molar-refractivity contribution in [1.82, 2.24) is 15.2 Å². The zero-order valence-electron chi connectivity index (χ0n) is 9.51. The Hall–Kier alpha value is -0.790. The van der Waals surface area contributed by atoms with Crippen molar-refractivity contribution in [3.63, 3.8) is 0 Å². The number of anilines is 1. The molecule has 2 heterocycles. The Kier molecular flexibility index (Phi) is 4.64. The Morgan fingerprint density at radius 1 is 1.35 bits per heavy atom. The lowest BCUT2D eigenvalue weighted by molar-refractivity contribution is 0.955. The van der Waals surface area contributed by atoms with Gasteiger partial charge in [-0.15, -0.1) is 10.2 Å². The number of pyridine rings is 1. The maximum atomic E-state index is 4.27. The fourth-order valence-corrected chi connectivity index (χ4v) is 3.68. The number of nitrogens with one attached hydrogen (secondary N) is 1. The van der Waals surface area contributed by atoms with Crippen LogP contribution in [0.1, 0.15) is 5.56 Å². The quantitative estimate of drug-likeness (QED) is 0.852. The van der Waals surface area contributed by atoms with Gasteiger partial charge in [0.25, 0.3) is 0 Å². The first-order valence-electron chi connectivity index (χ1n) is 4.95. The summed E-state index contributed by atoms with van der Waals surface area (Å²) in [7, 11) is 1.88. The SMILES string of the molecule is CNc1ncccc1CSc1nnc(SC)s1. The molecular formula is C10H12N4S3. The standard InChI is InChI=1S/C10H12N4S3/c1-11-8-7(4-3-5-12-8)6-16-10-14-13-9(15-2)17-10/h3-5H,6H2,1-2H3,(H,11,12). The number of aromatic nitrogens is 3. The predicted octanol–water partition coefficient (Wildman–Crippen LogP) is 2.99. The lowest BCUT2D eigenvalue weighted by Gasteiger charge is -2.05. The molecule has 0 aliphatic heterocycles. The fraction of sp³-hybridized carbons (Fsp3) is 0.300. The molecule has 0 saturated carbocycles. The van der Waals surface area contributed by atoms with Gasteiger partial charge in [-0.25, -0.2) is 4.98 Å². The summed E-state index contributed by atoms with van der Waals surface area (Å²) < 4.78 is 2.01. The maximum Gasteiger partial charge on any atom is 0.175 e. The third kappa shape index (κ3) is 3.34. The summed E-state index contributed by atoms with van der Waals surface area (Å²) in [5.41, 5.74) is 1.18. The minimum Gasteiger partial charge on any atom is -0.373 e. The van der Waals surface area contributed by atoms with E-state index in [4.69, 9.17) is 0 Å². The van der Waals surface area contributed by atoms with Gasteiger partial charge in [0, 0.05) is 24.6 Å². The number of hydrogen-bond acceptors (Lipinski definition) is 7. The highest BCUT2D eigenvalue weighted by molar-refractivity contribution is 8.02. The molecule has 0 aliphatic carbocycles. The van der Waals surface area contributed by atoms with E-state index in [0.717, 1.165) is 20.3 Å². The Balaban J connectivity index is 2.01. The molecule has 1 N–H and O–H groups in total. The van der Waals surface area contributed by atoms with Crippen molar-refractivity contribution in [1.29, 1.82) is 0 Å². The summed E-state index contributed by atoms with van der Waals surface area (Å²) in [4.78, 5) is 4.27. The highest BCUT2D eigenvalue weighted by Crippen LogP contribution is 2.30. The molecular weight excluding hydrogens is 272 g/mol. The predicted molar refractivity (Wildman–Crippen MR) is 75.0 cm³/mol. The van der Waals surface area contributed by atoms with Crippen LogP contribution in [0.15, 0.2) is 27.0 Å². The lowest BCUT2D eigenvalue weighted by atomic mass is 10.3. The van der Waals surface area contributed by atoms with E-state index >= 15 is 0 Å². The molecule has 17 heavy (non-hydrogen) atoms. The van der Waals surface area contributed by atoms with Gasteiger partial charge in [0.05, 0.1) is 0 Å². The van der Waals surface area contributed by atoms with Crippen LogP contribution in [0.4, 0.5) is 5.82 Å². The topological polar surface area (TPSA) is 50.7 Å². The number of hydrogen-bond donors (Lipinski definition) is 1. The minimum absolute atomic E-state index is 0.854. The lowest BCUT2D eigenvalue weighted by Crippen LogP contribution is -1.96. The van der Waals surface area contributed by atoms with Crippen LogP contribution >= 0.6 is 34.9 Å². The van der Waals surface area contributed by atoms with Gasteiger partial charge in [0.2, 0.25) is 0 Å². The van der Waals surface area contributed by atoms with Gasteiger partial charge >= 0.3 is 0 Å². The van der Waals surface area contributed by atoms with Crippen LogP contribution in [-0.2, 0) is 5.75 Å². The molecule has 2 aromatic heterocycles. The van der Waals surface area contributed by atoms with Crippen LogP contribution in [-0.4, -0.2) is 28.5 Å². The van der Waals surface area contributed by atoms with Crippen molar-refractivity contribution < 1.29 is 0 Å². The molecule has 0 fully saturated rings. The molecule has 0 saturated heterocycles. The summed E-state index contributed by atoms with van der Waals surface area (Å²) in [5, 5.41) is 11.3. The number of rotatable bonds is 5. The summed E-state index contributed by atoms with van der Waals surface area (Å²) in [6, 6.07) is 4.02. The van der Waals surface area contributed by atoms with E-state index < -0.39 is 0 Å². The first-order valence-corrected chi connectivity index (χ1v) is 7.98. The third-order valence-electron chi connectivity index (χ3n) is 2.04. The third-order valence-corrected chi connectivity index (χ3v) is 5.12. The van der Waals surface area contributed by atoms with E-state index in [-0.39, 0.29) is 0 Å². The summed E-state index contributed by atoms with van der Waals surface area (Å²) in [6.07, 6.45) is 3.80. The monoisotopic (exact) mass is 284 g/mol. The van der Waals surface area contributed by atoms with E-state index in [9.17, 15) is 0 Å². The molecule has 0 amide bonds. The van der Waals surface area contributed by atoms with Crippen LogP contribution in [0.25, 0.3) is 0 Å². The molecule has 0 spiro atoms. The molecule has 0 unspecified atom stereocenters. The summed E-state index contributed by atoms with van der Waals surface area (Å²) >= 11 is 4.95. The van der Waals surface area contributed by atoms with E-state index in [1.807, 2.05) is 19.4 Å². The van der Waals surface area contributed by atoms with Crippen LogP contribution in [0.3, 0.4) is 0 Å². The first kappa shape index (κ1) is 12.7. The number of thioether (sulfide) groups is 2. The zero-order chi connectivity index (χ0) is 12.1. The second kappa shape index (κ2) is 6.23. The summed E-state index contributed by atoms with van der Waals surface area (Å²) in [6.45, 7) is 0. The van der Waals surface area contributed by atoms with Crippen LogP contribution in [0.5, 0.6) is 0 Å².